The van der Waals surface area contributed by atoms with Gasteiger partial charge in [0.2, 0.25) is 0 Å². The van der Waals surface area contributed by atoms with E-state index in [0.717, 1.165) is 31.2 Å². The summed E-state index contributed by atoms with van der Waals surface area (Å²) >= 11 is 0. The number of aromatic nitrogens is 3. The molecule has 24 heavy (non-hydrogen) atoms. The molecular weight excluding hydrogens is 300 g/mol. The van der Waals surface area contributed by atoms with Crippen molar-refractivity contribution in [1.29, 1.82) is 0 Å². The topological polar surface area (TPSA) is 67.1 Å². The van der Waals surface area contributed by atoms with Crippen molar-refractivity contribution in [2.24, 2.45) is 12.0 Å². The van der Waals surface area contributed by atoms with Crippen molar-refractivity contribution in [2.75, 3.05) is 13.6 Å². The summed E-state index contributed by atoms with van der Waals surface area (Å²) in [7, 11) is 3.70. The molecule has 6 nitrogen and oxygen atoms in total. The number of hydrogen-bond donors (Lipinski definition) is 2. The molecule has 1 aromatic heterocycles. The number of nitrogens with zero attached hydrogens (tertiary/aromatic N) is 4. The van der Waals surface area contributed by atoms with E-state index in [1.54, 1.807) is 13.4 Å². The monoisotopic (exact) mass is 328 g/mol. The molecule has 1 heterocycles. The minimum absolute atomic E-state index is 0.587. The molecule has 0 bridgehead atoms. The highest BCUT2D eigenvalue weighted by Crippen LogP contribution is 2.15. The maximum Gasteiger partial charge on any atom is 0.191 e. The third-order valence-electron chi connectivity index (χ3n) is 4.02. The fourth-order valence-corrected chi connectivity index (χ4v) is 2.42. The Morgan fingerprint density at radius 2 is 1.96 bits per heavy atom. The third-order valence-corrected chi connectivity index (χ3v) is 4.02. The predicted molar refractivity (Wildman–Crippen MR) is 98.1 cm³/mol. The molecule has 0 fully saturated rings. The Hall–Kier alpha value is -2.37. The Morgan fingerprint density at radius 3 is 2.54 bits per heavy atom. The Kier molecular flexibility index (Phi) is 6.78. The molecule has 2 rings (SSSR count). The molecule has 6 heteroatoms. The first-order chi connectivity index (χ1) is 11.6. The zero-order chi connectivity index (χ0) is 17.4. The van der Waals surface area contributed by atoms with Gasteiger partial charge in [0.25, 0.3) is 0 Å². The van der Waals surface area contributed by atoms with Crippen LogP contribution >= 0.6 is 0 Å². The quantitative estimate of drug-likeness (QED) is 0.465. The number of aryl methyl sites for hydroxylation is 2. The third kappa shape index (κ3) is 5.37. The van der Waals surface area contributed by atoms with Crippen LogP contribution in [-0.4, -0.2) is 34.3 Å². The minimum Gasteiger partial charge on any atom is -0.356 e. The molecule has 0 spiro atoms. The van der Waals surface area contributed by atoms with E-state index in [2.05, 4.69) is 63.9 Å². The van der Waals surface area contributed by atoms with Gasteiger partial charge in [-0.15, -0.1) is 10.2 Å². The highest BCUT2D eigenvalue weighted by Gasteiger charge is 2.03. The number of aliphatic imine (C=N–C) groups is 1. The van der Waals surface area contributed by atoms with Crippen LogP contribution in [0.2, 0.25) is 0 Å². The second kappa shape index (κ2) is 9.05. The van der Waals surface area contributed by atoms with Crippen LogP contribution in [-0.2, 0) is 20.0 Å². The summed E-state index contributed by atoms with van der Waals surface area (Å²) in [5.74, 6) is 2.25. The van der Waals surface area contributed by atoms with Crippen molar-refractivity contribution < 1.29 is 0 Å². The highest BCUT2D eigenvalue weighted by atomic mass is 15.3. The van der Waals surface area contributed by atoms with E-state index in [1.807, 2.05) is 11.6 Å². The van der Waals surface area contributed by atoms with E-state index >= 15 is 0 Å². The molecule has 130 valence electrons. The molecule has 0 aliphatic heterocycles. The van der Waals surface area contributed by atoms with E-state index in [0.29, 0.717) is 12.5 Å². The molecule has 0 unspecified atom stereocenters. The first-order valence-electron chi connectivity index (χ1n) is 8.46. The smallest absolute Gasteiger partial charge is 0.191 e. The molecule has 0 aliphatic carbocycles. The lowest BCUT2D eigenvalue weighted by Gasteiger charge is -2.11. The van der Waals surface area contributed by atoms with Gasteiger partial charge in [-0.1, -0.05) is 38.1 Å². The SMILES string of the molecule is CN=C(NCCCc1ccc(C(C)C)cc1)NCc1nncn1C. The first kappa shape index (κ1) is 18.0. The summed E-state index contributed by atoms with van der Waals surface area (Å²) in [6.45, 7) is 5.92. The van der Waals surface area contributed by atoms with Crippen LogP contribution in [0.3, 0.4) is 0 Å². The zero-order valence-electron chi connectivity index (χ0n) is 15.1. The predicted octanol–water partition coefficient (Wildman–Crippen LogP) is 2.24. The summed E-state index contributed by atoms with van der Waals surface area (Å²) in [5, 5.41) is 14.5. The van der Waals surface area contributed by atoms with Gasteiger partial charge in [-0.05, 0) is 29.9 Å². The van der Waals surface area contributed by atoms with Gasteiger partial charge in [0.05, 0.1) is 6.54 Å². The van der Waals surface area contributed by atoms with Crippen LogP contribution in [0, 0.1) is 0 Å². The van der Waals surface area contributed by atoms with Crippen molar-refractivity contribution in [1.82, 2.24) is 25.4 Å². The molecule has 2 N–H and O–H groups in total. The molecule has 1 aromatic carbocycles. The van der Waals surface area contributed by atoms with Crippen molar-refractivity contribution in [3.05, 3.63) is 47.5 Å². The normalized spacial score (nSPS) is 11.8. The van der Waals surface area contributed by atoms with Gasteiger partial charge in [0.15, 0.2) is 11.8 Å². The van der Waals surface area contributed by atoms with Gasteiger partial charge in [-0.2, -0.15) is 0 Å². The largest absolute Gasteiger partial charge is 0.356 e. The molecule has 2 aromatic rings. The van der Waals surface area contributed by atoms with Crippen molar-refractivity contribution in [3.63, 3.8) is 0 Å². The number of hydrogen-bond acceptors (Lipinski definition) is 3. The summed E-state index contributed by atoms with van der Waals surface area (Å²) in [6, 6.07) is 8.93. The summed E-state index contributed by atoms with van der Waals surface area (Å²) < 4.78 is 1.89. The number of guanidine groups is 1. The molecule has 0 saturated carbocycles. The Labute approximate surface area is 144 Å². The lowest BCUT2D eigenvalue weighted by atomic mass is 10.0. The van der Waals surface area contributed by atoms with Gasteiger partial charge in [-0.25, -0.2) is 0 Å². The summed E-state index contributed by atoms with van der Waals surface area (Å²) in [5.41, 5.74) is 2.77. The fourth-order valence-electron chi connectivity index (χ4n) is 2.42. The van der Waals surface area contributed by atoms with Gasteiger partial charge < -0.3 is 15.2 Å². The Bertz CT molecular complexity index is 642. The maximum absolute atomic E-state index is 4.23. The molecule has 0 aliphatic rings. The van der Waals surface area contributed by atoms with Crippen LogP contribution in [0.1, 0.15) is 43.1 Å². The average Bonchev–Trinajstić information content (AvgIpc) is 2.99. The Balaban J connectivity index is 1.69. The fraction of sp³-hybridized carbons (Fsp3) is 0.500. The average molecular weight is 328 g/mol. The first-order valence-corrected chi connectivity index (χ1v) is 8.46. The van der Waals surface area contributed by atoms with Crippen molar-refractivity contribution >= 4 is 5.96 Å². The van der Waals surface area contributed by atoms with Crippen LogP contribution in [0.15, 0.2) is 35.6 Å². The summed E-state index contributed by atoms with van der Waals surface area (Å²) in [4.78, 5) is 4.23. The number of nitrogens with one attached hydrogen (secondary N) is 2. The van der Waals surface area contributed by atoms with E-state index in [1.165, 1.54) is 11.1 Å². The standard InChI is InChI=1S/C18H28N6/c1-14(2)16-9-7-15(8-10-16)6-5-11-20-18(19-3)21-12-17-23-22-13-24(17)4/h7-10,13-14H,5-6,11-12H2,1-4H3,(H2,19,20,21). The van der Waals surface area contributed by atoms with Gasteiger partial charge >= 0.3 is 0 Å². The molecular formula is C18H28N6. The van der Waals surface area contributed by atoms with Gasteiger partial charge in [0, 0.05) is 20.6 Å². The lowest BCUT2D eigenvalue weighted by Crippen LogP contribution is -2.37. The van der Waals surface area contributed by atoms with E-state index < -0.39 is 0 Å². The Morgan fingerprint density at radius 1 is 1.21 bits per heavy atom. The highest BCUT2D eigenvalue weighted by molar-refractivity contribution is 5.79. The van der Waals surface area contributed by atoms with Crippen LogP contribution in [0.25, 0.3) is 0 Å². The number of benzene rings is 1. The molecule has 0 amide bonds. The second-order valence-corrected chi connectivity index (χ2v) is 6.21. The lowest BCUT2D eigenvalue weighted by molar-refractivity contribution is 0.708. The maximum atomic E-state index is 4.23. The molecule has 0 saturated heterocycles. The van der Waals surface area contributed by atoms with E-state index in [4.69, 9.17) is 0 Å². The van der Waals surface area contributed by atoms with Crippen LogP contribution in [0.4, 0.5) is 0 Å². The second-order valence-electron chi connectivity index (χ2n) is 6.21. The van der Waals surface area contributed by atoms with Crippen LogP contribution < -0.4 is 10.6 Å². The van der Waals surface area contributed by atoms with E-state index in [9.17, 15) is 0 Å². The minimum atomic E-state index is 0.587. The van der Waals surface area contributed by atoms with Crippen LogP contribution in [0.5, 0.6) is 0 Å². The zero-order valence-corrected chi connectivity index (χ0v) is 15.1. The van der Waals surface area contributed by atoms with Crippen molar-refractivity contribution in [2.45, 2.75) is 39.2 Å². The van der Waals surface area contributed by atoms with Gasteiger partial charge in [0.1, 0.15) is 6.33 Å². The van der Waals surface area contributed by atoms with Crippen molar-refractivity contribution in [3.8, 4) is 0 Å². The summed E-state index contributed by atoms with van der Waals surface area (Å²) in [6.07, 6.45) is 3.81. The van der Waals surface area contributed by atoms with Gasteiger partial charge in [-0.3, -0.25) is 4.99 Å². The molecule has 0 atom stereocenters. The molecule has 0 radical (unpaired) electrons. The number of rotatable bonds is 7. The van der Waals surface area contributed by atoms with E-state index in [-0.39, 0.29) is 0 Å².